The van der Waals surface area contributed by atoms with E-state index < -0.39 is 5.60 Å². The van der Waals surface area contributed by atoms with Gasteiger partial charge < -0.3 is 15.3 Å². The van der Waals surface area contributed by atoms with Crippen LogP contribution in [0.4, 0.5) is 5.69 Å². The van der Waals surface area contributed by atoms with Gasteiger partial charge in [0, 0.05) is 25.3 Å². The molecule has 0 aliphatic heterocycles. The van der Waals surface area contributed by atoms with Gasteiger partial charge in [0.15, 0.2) is 0 Å². The quantitative estimate of drug-likeness (QED) is 0.879. The standard InChI is InChI=1S/C20H24N2O3/c1-14-10-11-16(12-17(14)19(24)22(3)4)21-18(23)13-20(2,25)15-8-6-5-7-9-15/h5-12,25H,13H2,1-4H3,(H,21,23). The minimum Gasteiger partial charge on any atom is -0.385 e. The van der Waals surface area contributed by atoms with E-state index in [1.54, 1.807) is 51.4 Å². The molecule has 2 rings (SSSR count). The summed E-state index contributed by atoms with van der Waals surface area (Å²) in [5.41, 5.74) is 1.32. The lowest BCUT2D eigenvalue weighted by molar-refractivity contribution is -0.120. The van der Waals surface area contributed by atoms with Crippen LogP contribution in [0.1, 0.15) is 34.8 Å². The Kier molecular flexibility index (Phi) is 5.59. The topological polar surface area (TPSA) is 69.6 Å². The van der Waals surface area contributed by atoms with Gasteiger partial charge in [-0.15, -0.1) is 0 Å². The van der Waals surface area contributed by atoms with Crippen LogP contribution >= 0.6 is 0 Å². The molecule has 1 unspecified atom stereocenters. The first kappa shape index (κ1) is 18.7. The third-order valence-corrected chi connectivity index (χ3v) is 4.06. The van der Waals surface area contributed by atoms with Crippen LogP contribution in [0.2, 0.25) is 0 Å². The number of aliphatic hydroxyl groups is 1. The Morgan fingerprint density at radius 3 is 2.36 bits per heavy atom. The van der Waals surface area contributed by atoms with Crippen LogP contribution in [0, 0.1) is 6.92 Å². The number of hydrogen-bond donors (Lipinski definition) is 2. The molecule has 0 radical (unpaired) electrons. The Morgan fingerprint density at radius 1 is 1.12 bits per heavy atom. The van der Waals surface area contributed by atoms with Crippen molar-refractivity contribution >= 4 is 17.5 Å². The number of carbonyl (C=O) groups excluding carboxylic acids is 2. The third kappa shape index (κ3) is 4.67. The first-order valence-corrected chi connectivity index (χ1v) is 8.11. The summed E-state index contributed by atoms with van der Waals surface area (Å²) < 4.78 is 0. The maximum atomic E-state index is 12.3. The SMILES string of the molecule is Cc1ccc(NC(=O)CC(C)(O)c2ccccc2)cc1C(=O)N(C)C. The van der Waals surface area contributed by atoms with Gasteiger partial charge in [0.25, 0.3) is 5.91 Å². The Morgan fingerprint density at radius 2 is 1.76 bits per heavy atom. The van der Waals surface area contributed by atoms with Crippen LogP contribution < -0.4 is 5.32 Å². The lowest BCUT2D eigenvalue weighted by Gasteiger charge is -2.23. The lowest BCUT2D eigenvalue weighted by atomic mass is 9.92. The van der Waals surface area contributed by atoms with E-state index in [1.807, 2.05) is 25.1 Å². The molecule has 0 bridgehead atoms. The first-order chi connectivity index (χ1) is 11.7. The van der Waals surface area contributed by atoms with Crippen molar-refractivity contribution in [1.29, 1.82) is 0 Å². The number of rotatable bonds is 5. The summed E-state index contributed by atoms with van der Waals surface area (Å²) in [6.45, 7) is 3.46. The smallest absolute Gasteiger partial charge is 0.253 e. The van der Waals surface area contributed by atoms with Gasteiger partial charge in [-0.05, 0) is 37.1 Å². The highest BCUT2D eigenvalue weighted by molar-refractivity contribution is 5.98. The monoisotopic (exact) mass is 340 g/mol. The molecule has 0 spiro atoms. The summed E-state index contributed by atoms with van der Waals surface area (Å²) in [5, 5.41) is 13.3. The fourth-order valence-corrected chi connectivity index (χ4v) is 2.59. The number of aryl methyl sites for hydroxylation is 1. The average Bonchev–Trinajstić information content (AvgIpc) is 2.56. The Hall–Kier alpha value is -2.66. The molecule has 0 aromatic heterocycles. The van der Waals surface area contributed by atoms with E-state index in [-0.39, 0.29) is 18.2 Å². The van der Waals surface area contributed by atoms with E-state index in [0.717, 1.165) is 5.56 Å². The predicted octanol–water partition coefficient (Wildman–Crippen LogP) is 2.93. The number of amides is 2. The molecule has 0 heterocycles. The molecule has 132 valence electrons. The van der Waals surface area contributed by atoms with Gasteiger partial charge in [-0.3, -0.25) is 9.59 Å². The number of anilines is 1. The molecule has 0 saturated heterocycles. The van der Waals surface area contributed by atoms with Crippen molar-refractivity contribution in [2.75, 3.05) is 19.4 Å². The molecule has 1 atom stereocenters. The molecule has 0 aliphatic carbocycles. The molecule has 2 amide bonds. The van der Waals surface area contributed by atoms with Crippen LogP contribution in [0.25, 0.3) is 0 Å². The number of hydrogen-bond acceptors (Lipinski definition) is 3. The Bertz CT molecular complexity index is 768. The molecule has 5 nitrogen and oxygen atoms in total. The van der Waals surface area contributed by atoms with E-state index in [0.29, 0.717) is 16.8 Å². The van der Waals surface area contributed by atoms with Gasteiger partial charge in [-0.1, -0.05) is 36.4 Å². The Labute approximate surface area is 148 Å². The second-order valence-electron chi connectivity index (χ2n) is 6.59. The van der Waals surface area contributed by atoms with Crippen molar-refractivity contribution in [1.82, 2.24) is 4.90 Å². The number of nitrogens with one attached hydrogen (secondary N) is 1. The van der Waals surface area contributed by atoms with Crippen molar-refractivity contribution in [2.24, 2.45) is 0 Å². The van der Waals surface area contributed by atoms with Gasteiger partial charge in [0.1, 0.15) is 0 Å². The van der Waals surface area contributed by atoms with E-state index in [1.165, 1.54) is 4.90 Å². The van der Waals surface area contributed by atoms with Gasteiger partial charge in [-0.25, -0.2) is 0 Å². The third-order valence-electron chi connectivity index (χ3n) is 4.06. The van der Waals surface area contributed by atoms with Crippen molar-refractivity contribution in [3.8, 4) is 0 Å². The largest absolute Gasteiger partial charge is 0.385 e. The zero-order chi connectivity index (χ0) is 18.6. The molecular formula is C20H24N2O3. The fourth-order valence-electron chi connectivity index (χ4n) is 2.59. The minimum absolute atomic E-state index is 0.0815. The number of benzene rings is 2. The summed E-state index contributed by atoms with van der Waals surface area (Å²) in [6.07, 6.45) is -0.0815. The average molecular weight is 340 g/mol. The molecule has 2 aromatic carbocycles. The minimum atomic E-state index is -1.27. The van der Waals surface area contributed by atoms with Crippen molar-refractivity contribution in [3.05, 3.63) is 65.2 Å². The second-order valence-corrected chi connectivity index (χ2v) is 6.59. The number of nitrogens with zero attached hydrogens (tertiary/aromatic N) is 1. The first-order valence-electron chi connectivity index (χ1n) is 8.11. The van der Waals surface area contributed by atoms with Crippen LogP contribution in [-0.2, 0) is 10.4 Å². The maximum absolute atomic E-state index is 12.3. The van der Waals surface area contributed by atoms with Gasteiger partial charge >= 0.3 is 0 Å². The lowest BCUT2D eigenvalue weighted by Crippen LogP contribution is -2.28. The molecule has 0 saturated carbocycles. The van der Waals surface area contributed by atoms with Gasteiger partial charge in [-0.2, -0.15) is 0 Å². The van der Waals surface area contributed by atoms with Crippen LogP contribution in [0.5, 0.6) is 0 Å². The zero-order valence-electron chi connectivity index (χ0n) is 15.0. The number of carbonyl (C=O) groups is 2. The van der Waals surface area contributed by atoms with E-state index >= 15 is 0 Å². The predicted molar refractivity (Wildman–Crippen MR) is 98.5 cm³/mol. The summed E-state index contributed by atoms with van der Waals surface area (Å²) >= 11 is 0. The van der Waals surface area contributed by atoms with Crippen LogP contribution in [-0.4, -0.2) is 35.9 Å². The fraction of sp³-hybridized carbons (Fsp3) is 0.300. The molecule has 2 aromatic rings. The highest BCUT2D eigenvalue weighted by atomic mass is 16.3. The molecule has 0 fully saturated rings. The van der Waals surface area contributed by atoms with Gasteiger partial charge in [0.05, 0.1) is 12.0 Å². The van der Waals surface area contributed by atoms with E-state index in [2.05, 4.69) is 5.32 Å². The van der Waals surface area contributed by atoms with Crippen molar-refractivity contribution < 1.29 is 14.7 Å². The van der Waals surface area contributed by atoms with Crippen LogP contribution in [0.15, 0.2) is 48.5 Å². The maximum Gasteiger partial charge on any atom is 0.253 e. The zero-order valence-corrected chi connectivity index (χ0v) is 15.0. The Balaban J connectivity index is 2.13. The summed E-state index contributed by atoms with van der Waals surface area (Å²) in [7, 11) is 3.37. The molecular weight excluding hydrogens is 316 g/mol. The molecule has 0 aliphatic rings. The second kappa shape index (κ2) is 7.49. The van der Waals surface area contributed by atoms with E-state index in [4.69, 9.17) is 0 Å². The van der Waals surface area contributed by atoms with Crippen molar-refractivity contribution in [3.63, 3.8) is 0 Å². The molecule has 25 heavy (non-hydrogen) atoms. The summed E-state index contributed by atoms with van der Waals surface area (Å²) in [5.74, 6) is -0.439. The molecule has 5 heteroatoms. The normalized spacial score (nSPS) is 13.0. The van der Waals surface area contributed by atoms with Crippen molar-refractivity contribution in [2.45, 2.75) is 25.9 Å². The highest BCUT2D eigenvalue weighted by Crippen LogP contribution is 2.25. The van der Waals surface area contributed by atoms with Gasteiger partial charge in [0.2, 0.25) is 5.91 Å². The van der Waals surface area contributed by atoms with Crippen LogP contribution in [0.3, 0.4) is 0 Å². The molecule has 2 N–H and O–H groups in total. The summed E-state index contributed by atoms with van der Waals surface area (Å²) in [6, 6.07) is 14.3. The van der Waals surface area contributed by atoms with E-state index in [9.17, 15) is 14.7 Å². The highest BCUT2D eigenvalue weighted by Gasteiger charge is 2.26. The summed E-state index contributed by atoms with van der Waals surface area (Å²) in [4.78, 5) is 26.0.